The van der Waals surface area contributed by atoms with Crippen molar-refractivity contribution in [2.24, 2.45) is 0 Å². The molecule has 0 radical (unpaired) electrons. The van der Waals surface area contributed by atoms with Crippen molar-refractivity contribution in [3.05, 3.63) is 108 Å². The SMILES string of the molecule is CC(C)(C)OC(=O)N1CCC(NC(=O)c2ccccc2)C(c2ccccc2)C1NC(=O)c1ccccc1. The summed E-state index contributed by atoms with van der Waals surface area (Å²) in [6.07, 6.45) is -0.769. The zero-order valence-electron chi connectivity index (χ0n) is 21.4. The Morgan fingerprint density at radius 1 is 0.757 bits per heavy atom. The second-order valence-corrected chi connectivity index (χ2v) is 10.1. The van der Waals surface area contributed by atoms with Crippen LogP contribution in [0.4, 0.5) is 4.79 Å². The maximum Gasteiger partial charge on any atom is 0.411 e. The van der Waals surface area contributed by atoms with E-state index in [4.69, 9.17) is 4.74 Å². The molecule has 37 heavy (non-hydrogen) atoms. The second-order valence-electron chi connectivity index (χ2n) is 10.1. The zero-order chi connectivity index (χ0) is 26.4. The number of piperidine rings is 1. The molecule has 192 valence electrons. The summed E-state index contributed by atoms with van der Waals surface area (Å²) in [6, 6.07) is 27.2. The number of carbonyl (C=O) groups excluding carboxylic acids is 3. The van der Waals surface area contributed by atoms with Crippen molar-refractivity contribution in [2.45, 2.75) is 50.9 Å². The number of hydrogen-bond acceptors (Lipinski definition) is 4. The zero-order valence-corrected chi connectivity index (χ0v) is 21.4. The molecular weight excluding hydrogens is 466 g/mol. The van der Waals surface area contributed by atoms with Crippen LogP contribution in [0.1, 0.15) is 59.4 Å². The molecule has 7 nitrogen and oxygen atoms in total. The Kier molecular flexibility index (Phi) is 7.92. The molecule has 0 aliphatic carbocycles. The first-order valence-electron chi connectivity index (χ1n) is 12.5. The third kappa shape index (κ3) is 6.55. The fraction of sp³-hybridized carbons (Fsp3) is 0.300. The lowest BCUT2D eigenvalue weighted by atomic mass is 9.82. The van der Waals surface area contributed by atoms with E-state index in [1.165, 1.54) is 0 Å². The number of ether oxygens (including phenoxy) is 1. The van der Waals surface area contributed by atoms with E-state index in [0.29, 0.717) is 24.1 Å². The average molecular weight is 500 g/mol. The first-order valence-corrected chi connectivity index (χ1v) is 12.5. The van der Waals surface area contributed by atoms with E-state index in [1.807, 2.05) is 75.4 Å². The number of benzene rings is 3. The van der Waals surface area contributed by atoms with Crippen LogP contribution in [0.5, 0.6) is 0 Å². The molecule has 0 saturated carbocycles. The molecule has 0 aromatic heterocycles. The maximum absolute atomic E-state index is 13.3. The lowest BCUT2D eigenvalue weighted by Crippen LogP contribution is -2.63. The largest absolute Gasteiger partial charge is 0.444 e. The van der Waals surface area contributed by atoms with Gasteiger partial charge < -0.3 is 15.4 Å². The van der Waals surface area contributed by atoms with Crippen LogP contribution < -0.4 is 10.6 Å². The van der Waals surface area contributed by atoms with Crippen molar-refractivity contribution >= 4 is 17.9 Å². The summed E-state index contributed by atoms with van der Waals surface area (Å²) in [7, 11) is 0. The summed E-state index contributed by atoms with van der Waals surface area (Å²) in [5.74, 6) is -0.927. The van der Waals surface area contributed by atoms with Gasteiger partial charge in [0.05, 0.1) is 0 Å². The molecule has 0 spiro atoms. The fourth-order valence-electron chi connectivity index (χ4n) is 4.60. The van der Waals surface area contributed by atoms with Gasteiger partial charge in [-0.15, -0.1) is 0 Å². The summed E-state index contributed by atoms with van der Waals surface area (Å²) in [6.45, 7) is 5.73. The van der Waals surface area contributed by atoms with Gasteiger partial charge in [-0.1, -0.05) is 66.7 Å². The van der Waals surface area contributed by atoms with Crippen LogP contribution in [-0.4, -0.2) is 47.2 Å². The minimum atomic E-state index is -0.750. The van der Waals surface area contributed by atoms with Crippen molar-refractivity contribution < 1.29 is 19.1 Å². The van der Waals surface area contributed by atoms with Crippen molar-refractivity contribution in [1.29, 1.82) is 0 Å². The minimum absolute atomic E-state index is 0.203. The normalized spacial score (nSPS) is 19.5. The minimum Gasteiger partial charge on any atom is -0.444 e. The molecule has 4 rings (SSSR count). The van der Waals surface area contributed by atoms with Gasteiger partial charge in [0, 0.05) is 29.6 Å². The summed E-state index contributed by atoms with van der Waals surface area (Å²) >= 11 is 0. The highest BCUT2D eigenvalue weighted by Gasteiger charge is 2.44. The highest BCUT2D eigenvalue weighted by atomic mass is 16.6. The standard InChI is InChI=1S/C30H33N3O4/c1-30(2,3)37-29(36)33-20-19-24(31-27(34)22-15-9-5-10-16-22)25(21-13-7-4-8-14-21)26(33)32-28(35)23-17-11-6-12-18-23/h4-18,24-26H,19-20H2,1-3H3,(H,31,34)(H,32,35). The van der Waals surface area contributed by atoms with Gasteiger partial charge in [0.1, 0.15) is 11.8 Å². The van der Waals surface area contributed by atoms with Crippen LogP contribution in [-0.2, 0) is 4.74 Å². The van der Waals surface area contributed by atoms with E-state index < -0.39 is 23.8 Å². The summed E-state index contributed by atoms with van der Waals surface area (Å²) in [5.41, 5.74) is 1.22. The van der Waals surface area contributed by atoms with Gasteiger partial charge in [-0.3, -0.25) is 14.5 Å². The van der Waals surface area contributed by atoms with Crippen LogP contribution in [0.2, 0.25) is 0 Å². The van der Waals surface area contributed by atoms with Gasteiger partial charge in [-0.25, -0.2) is 4.79 Å². The van der Waals surface area contributed by atoms with Gasteiger partial charge in [-0.05, 0) is 57.0 Å². The van der Waals surface area contributed by atoms with Gasteiger partial charge in [0.25, 0.3) is 11.8 Å². The number of nitrogens with zero attached hydrogens (tertiary/aromatic N) is 1. The quantitative estimate of drug-likeness (QED) is 0.519. The molecule has 0 bridgehead atoms. The smallest absolute Gasteiger partial charge is 0.411 e. The predicted octanol–water partition coefficient (Wildman–Crippen LogP) is 4.97. The summed E-state index contributed by atoms with van der Waals surface area (Å²) < 4.78 is 5.71. The molecule has 1 fully saturated rings. The van der Waals surface area contributed by atoms with Gasteiger partial charge in [0.2, 0.25) is 0 Å². The maximum atomic E-state index is 13.3. The van der Waals surface area contributed by atoms with Gasteiger partial charge in [-0.2, -0.15) is 0 Å². The van der Waals surface area contributed by atoms with E-state index in [-0.39, 0.29) is 17.9 Å². The van der Waals surface area contributed by atoms with Gasteiger partial charge >= 0.3 is 6.09 Å². The third-order valence-electron chi connectivity index (χ3n) is 6.27. The molecule has 3 unspecified atom stereocenters. The molecular formula is C30H33N3O4. The molecule has 1 saturated heterocycles. The molecule has 3 aromatic rings. The topological polar surface area (TPSA) is 87.7 Å². The highest BCUT2D eigenvalue weighted by molar-refractivity contribution is 5.95. The number of likely N-dealkylation sites (tertiary alicyclic amines) is 1. The molecule has 3 amide bonds. The van der Waals surface area contributed by atoms with Crippen molar-refractivity contribution in [1.82, 2.24) is 15.5 Å². The Labute approximate surface area is 217 Å². The molecule has 1 aliphatic rings. The molecule has 1 aliphatic heterocycles. The Balaban J connectivity index is 1.71. The predicted molar refractivity (Wildman–Crippen MR) is 142 cm³/mol. The third-order valence-corrected chi connectivity index (χ3v) is 6.27. The highest BCUT2D eigenvalue weighted by Crippen LogP contribution is 2.33. The molecule has 3 atom stereocenters. The number of carbonyl (C=O) groups is 3. The Morgan fingerprint density at radius 3 is 1.76 bits per heavy atom. The first-order chi connectivity index (χ1) is 17.7. The molecule has 3 aromatic carbocycles. The number of rotatable bonds is 5. The molecule has 1 heterocycles. The van der Waals surface area contributed by atoms with Crippen molar-refractivity contribution in [3.8, 4) is 0 Å². The van der Waals surface area contributed by atoms with Crippen LogP contribution in [0.25, 0.3) is 0 Å². The Bertz CT molecular complexity index is 1210. The van der Waals surface area contributed by atoms with Gasteiger partial charge in [0.15, 0.2) is 0 Å². The van der Waals surface area contributed by atoms with E-state index in [2.05, 4.69) is 10.6 Å². The fourth-order valence-corrected chi connectivity index (χ4v) is 4.60. The van der Waals surface area contributed by atoms with Crippen LogP contribution in [0.15, 0.2) is 91.0 Å². The first kappa shape index (κ1) is 25.9. The Morgan fingerprint density at radius 2 is 1.24 bits per heavy atom. The number of nitrogens with one attached hydrogen (secondary N) is 2. The van der Waals surface area contributed by atoms with E-state index >= 15 is 0 Å². The van der Waals surface area contributed by atoms with Crippen LogP contribution >= 0.6 is 0 Å². The van der Waals surface area contributed by atoms with E-state index in [1.54, 1.807) is 41.3 Å². The summed E-state index contributed by atoms with van der Waals surface area (Å²) in [4.78, 5) is 41.4. The molecule has 7 heteroatoms. The lowest BCUT2D eigenvalue weighted by molar-refractivity contribution is -0.00181. The monoisotopic (exact) mass is 499 g/mol. The molecule has 2 N–H and O–H groups in total. The van der Waals surface area contributed by atoms with Crippen molar-refractivity contribution in [2.75, 3.05) is 6.54 Å². The van der Waals surface area contributed by atoms with E-state index in [9.17, 15) is 14.4 Å². The average Bonchev–Trinajstić information content (AvgIpc) is 2.89. The number of amides is 3. The Hall–Kier alpha value is -4.13. The second kappa shape index (κ2) is 11.3. The summed E-state index contributed by atoms with van der Waals surface area (Å²) in [5, 5.41) is 6.24. The van der Waals surface area contributed by atoms with Crippen molar-refractivity contribution in [3.63, 3.8) is 0 Å². The van der Waals surface area contributed by atoms with E-state index in [0.717, 1.165) is 5.56 Å². The number of hydrogen-bond donors (Lipinski definition) is 2. The lowest BCUT2D eigenvalue weighted by Gasteiger charge is -2.46. The van der Waals surface area contributed by atoms with Crippen LogP contribution in [0, 0.1) is 0 Å². The van der Waals surface area contributed by atoms with Crippen LogP contribution in [0.3, 0.4) is 0 Å².